The Bertz CT molecular complexity index is 577. The van der Waals surface area contributed by atoms with Gasteiger partial charge in [-0.25, -0.2) is 4.79 Å². The lowest BCUT2D eigenvalue weighted by atomic mass is 10.1. The Morgan fingerprint density at radius 1 is 1.20 bits per heavy atom. The number of carbonyl (C=O) groups excluding carboxylic acids is 1. The first-order valence-corrected chi connectivity index (χ1v) is 8.65. The maximum atomic E-state index is 12.1. The minimum Gasteiger partial charge on any atom is -0.497 e. The van der Waals surface area contributed by atoms with Gasteiger partial charge in [-0.2, -0.15) is 0 Å². The van der Waals surface area contributed by atoms with E-state index in [0.29, 0.717) is 24.8 Å². The fourth-order valence-corrected chi connectivity index (χ4v) is 3.09. The summed E-state index contributed by atoms with van der Waals surface area (Å²) >= 11 is 0. The van der Waals surface area contributed by atoms with Gasteiger partial charge in [0.2, 0.25) is 0 Å². The molecule has 0 bridgehead atoms. The third kappa shape index (κ3) is 4.42. The van der Waals surface area contributed by atoms with Crippen LogP contribution in [0.4, 0.5) is 10.5 Å². The number of carbonyl (C=O) groups is 1. The van der Waals surface area contributed by atoms with Gasteiger partial charge in [0, 0.05) is 5.69 Å². The first-order chi connectivity index (χ1) is 12.1. The summed E-state index contributed by atoms with van der Waals surface area (Å²) in [5.41, 5.74) is 0.644. The summed E-state index contributed by atoms with van der Waals surface area (Å²) in [4.78, 5) is 12.1. The van der Waals surface area contributed by atoms with Gasteiger partial charge >= 0.3 is 6.09 Å². The van der Waals surface area contributed by atoms with Crippen LogP contribution < -0.4 is 15.4 Å². The van der Waals surface area contributed by atoms with Crippen molar-refractivity contribution >= 4 is 11.8 Å². The Labute approximate surface area is 148 Å². The molecule has 25 heavy (non-hydrogen) atoms. The van der Waals surface area contributed by atoms with Crippen LogP contribution in [0, 0.1) is 5.92 Å². The highest BCUT2D eigenvalue weighted by Gasteiger charge is 2.49. The van der Waals surface area contributed by atoms with Gasteiger partial charge in [0.1, 0.15) is 18.0 Å². The van der Waals surface area contributed by atoms with Crippen molar-refractivity contribution in [3.05, 3.63) is 24.3 Å². The lowest BCUT2D eigenvalue weighted by Gasteiger charge is -2.19. The monoisotopic (exact) mass is 350 g/mol. The van der Waals surface area contributed by atoms with E-state index in [1.54, 1.807) is 31.4 Å². The van der Waals surface area contributed by atoms with Crippen molar-refractivity contribution in [2.24, 2.45) is 5.92 Å². The fourth-order valence-electron chi connectivity index (χ4n) is 3.09. The molecule has 2 aliphatic heterocycles. The first-order valence-electron chi connectivity index (χ1n) is 8.65. The van der Waals surface area contributed by atoms with Crippen molar-refractivity contribution < 1.29 is 23.7 Å². The van der Waals surface area contributed by atoms with Crippen LogP contribution in [-0.2, 0) is 14.2 Å². The van der Waals surface area contributed by atoms with Gasteiger partial charge in [0.05, 0.1) is 26.4 Å². The van der Waals surface area contributed by atoms with Crippen LogP contribution in [-0.4, -0.2) is 57.3 Å². The Hall–Kier alpha value is -1.83. The molecule has 2 heterocycles. The van der Waals surface area contributed by atoms with Gasteiger partial charge in [-0.3, -0.25) is 5.32 Å². The second-order valence-electron chi connectivity index (χ2n) is 6.80. The first kappa shape index (κ1) is 18.0. The summed E-state index contributed by atoms with van der Waals surface area (Å²) in [5, 5.41) is 6.17. The fraction of sp³-hybridized carbons (Fsp3) is 0.611. The Morgan fingerprint density at radius 3 is 2.60 bits per heavy atom. The molecule has 0 saturated carbocycles. The van der Waals surface area contributed by atoms with Crippen LogP contribution in [0.5, 0.6) is 5.75 Å². The van der Waals surface area contributed by atoms with Gasteiger partial charge in [0.25, 0.3) is 0 Å². The van der Waals surface area contributed by atoms with Gasteiger partial charge in [-0.1, -0.05) is 13.8 Å². The summed E-state index contributed by atoms with van der Waals surface area (Å²) in [6.45, 7) is 6.15. The van der Waals surface area contributed by atoms with Crippen LogP contribution in [0.2, 0.25) is 0 Å². The van der Waals surface area contributed by atoms with Crippen LogP contribution in [0.1, 0.15) is 13.8 Å². The summed E-state index contributed by atoms with van der Waals surface area (Å²) in [7, 11) is 1.60. The Morgan fingerprint density at radius 2 is 1.92 bits per heavy atom. The van der Waals surface area contributed by atoms with Crippen LogP contribution >= 0.6 is 0 Å². The summed E-state index contributed by atoms with van der Waals surface area (Å²) in [5.74, 6) is 1.29. The smallest absolute Gasteiger partial charge is 0.412 e. The normalized spacial score (nSPS) is 28.0. The SMILES string of the molecule is COc1ccc(NC(=O)O[C@@H]2CO[C@H]3[C@H]2OC[C@H]3NCC(C)C)cc1. The molecule has 1 aromatic rings. The zero-order chi connectivity index (χ0) is 17.8. The highest BCUT2D eigenvalue weighted by Crippen LogP contribution is 2.29. The van der Waals surface area contributed by atoms with Crippen molar-refractivity contribution in [1.29, 1.82) is 0 Å². The minimum atomic E-state index is -0.512. The third-order valence-corrected chi connectivity index (χ3v) is 4.39. The van der Waals surface area contributed by atoms with E-state index in [1.165, 1.54) is 0 Å². The van der Waals surface area contributed by atoms with Crippen molar-refractivity contribution in [2.45, 2.75) is 38.2 Å². The Balaban J connectivity index is 1.49. The maximum absolute atomic E-state index is 12.1. The molecule has 0 unspecified atom stereocenters. The molecule has 1 amide bonds. The van der Waals surface area contributed by atoms with Crippen molar-refractivity contribution in [2.75, 3.05) is 32.2 Å². The second-order valence-corrected chi connectivity index (χ2v) is 6.80. The van der Waals surface area contributed by atoms with Gasteiger partial charge in [-0.05, 0) is 36.7 Å². The molecule has 2 saturated heterocycles. The molecule has 7 heteroatoms. The predicted octanol–water partition coefficient (Wildman–Crippen LogP) is 2.02. The number of methoxy groups -OCH3 is 1. The highest BCUT2D eigenvalue weighted by molar-refractivity contribution is 5.84. The van der Waals surface area contributed by atoms with E-state index in [1.807, 2.05) is 0 Å². The number of hydrogen-bond donors (Lipinski definition) is 2. The molecule has 0 radical (unpaired) electrons. The van der Waals surface area contributed by atoms with Crippen molar-refractivity contribution in [3.63, 3.8) is 0 Å². The number of nitrogens with one attached hydrogen (secondary N) is 2. The second kappa shape index (κ2) is 8.03. The maximum Gasteiger partial charge on any atom is 0.412 e. The topological polar surface area (TPSA) is 78.1 Å². The molecule has 2 fully saturated rings. The quantitative estimate of drug-likeness (QED) is 0.817. The number of benzene rings is 1. The Kier molecular flexibility index (Phi) is 5.78. The average molecular weight is 350 g/mol. The lowest BCUT2D eigenvalue weighted by Crippen LogP contribution is -2.43. The third-order valence-electron chi connectivity index (χ3n) is 4.39. The van der Waals surface area contributed by atoms with Gasteiger partial charge in [0.15, 0.2) is 6.10 Å². The van der Waals surface area contributed by atoms with E-state index >= 15 is 0 Å². The van der Waals surface area contributed by atoms with E-state index in [4.69, 9.17) is 18.9 Å². The summed E-state index contributed by atoms with van der Waals surface area (Å²) in [6.07, 6.45) is -1.19. The van der Waals surface area contributed by atoms with E-state index in [2.05, 4.69) is 24.5 Å². The molecule has 4 atom stereocenters. The number of fused-ring (bicyclic) bond motifs is 1. The molecular formula is C18H26N2O5. The molecule has 138 valence electrons. The van der Waals surface area contributed by atoms with Crippen molar-refractivity contribution in [3.8, 4) is 5.75 Å². The molecule has 1 aromatic carbocycles. The number of ether oxygens (including phenoxy) is 4. The lowest BCUT2D eigenvalue weighted by molar-refractivity contribution is 0.00854. The van der Waals surface area contributed by atoms with Crippen LogP contribution in [0.3, 0.4) is 0 Å². The molecule has 0 aliphatic carbocycles. The highest BCUT2D eigenvalue weighted by atomic mass is 16.6. The predicted molar refractivity (Wildman–Crippen MR) is 93.0 cm³/mol. The van der Waals surface area contributed by atoms with Crippen LogP contribution in [0.15, 0.2) is 24.3 Å². The number of amides is 1. The molecular weight excluding hydrogens is 324 g/mol. The summed E-state index contributed by atoms with van der Waals surface area (Å²) < 4.78 is 22.2. The number of rotatable bonds is 6. The van der Waals surface area contributed by atoms with E-state index < -0.39 is 12.2 Å². The summed E-state index contributed by atoms with van der Waals surface area (Å²) in [6, 6.07) is 7.20. The minimum absolute atomic E-state index is 0.0717. The number of hydrogen-bond acceptors (Lipinski definition) is 6. The number of anilines is 1. The van der Waals surface area contributed by atoms with Crippen molar-refractivity contribution in [1.82, 2.24) is 5.32 Å². The molecule has 7 nitrogen and oxygen atoms in total. The molecule has 2 aliphatic rings. The van der Waals surface area contributed by atoms with Crippen LogP contribution in [0.25, 0.3) is 0 Å². The van der Waals surface area contributed by atoms with Gasteiger partial charge < -0.3 is 24.3 Å². The zero-order valence-corrected chi connectivity index (χ0v) is 14.9. The standard InChI is InChI=1S/C18H26N2O5/c1-11(2)8-19-14-9-23-17-15(10-24-16(14)17)25-18(21)20-12-4-6-13(22-3)7-5-12/h4-7,11,14-17,19H,8-10H2,1-3H3,(H,20,21)/t14-,15-,16-,17+/m1/s1. The van der Waals surface area contributed by atoms with E-state index in [0.717, 1.165) is 12.3 Å². The average Bonchev–Trinajstić information content (AvgIpc) is 3.17. The molecule has 0 spiro atoms. The molecule has 0 aromatic heterocycles. The van der Waals surface area contributed by atoms with E-state index in [9.17, 15) is 4.79 Å². The van der Waals surface area contributed by atoms with E-state index in [-0.39, 0.29) is 18.2 Å². The molecule has 2 N–H and O–H groups in total. The zero-order valence-electron chi connectivity index (χ0n) is 14.9. The molecule has 3 rings (SSSR count). The van der Waals surface area contributed by atoms with Gasteiger partial charge in [-0.15, -0.1) is 0 Å². The largest absolute Gasteiger partial charge is 0.497 e.